The minimum atomic E-state index is -0.673. The van der Waals surface area contributed by atoms with Crippen LogP contribution in [0.2, 0.25) is 10.0 Å². The first kappa shape index (κ1) is 32.0. The van der Waals surface area contributed by atoms with Gasteiger partial charge in [-0.15, -0.1) is 10.2 Å². The molecular weight excluding hydrogens is 649 g/mol. The number of aldehydes is 1. The van der Waals surface area contributed by atoms with Crippen molar-refractivity contribution in [1.82, 2.24) is 49.9 Å². The summed E-state index contributed by atoms with van der Waals surface area (Å²) in [5, 5.41) is 24.1. The van der Waals surface area contributed by atoms with Crippen LogP contribution in [0.5, 0.6) is 11.8 Å². The zero-order valence-electron chi connectivity index (χ0n) is 23.7. The average Bonchev–Trinajstić information content (AvgIpc) is 3.78. The molecule has 6 aromatic rings. The highest BCUT2D eigenvalue weighted by atomic mass is 35.5. The predicted molar refractivity (Wildman–Crippen MR) is 159 cm³/mol. The van der Waals surface area contributed by atoms with Gasteiger partial charge in [0, 0.05) is 12.1 Å². The first-order valence-corrected chi connectivity index (χ1v) is 13.6. The van der Waals surface area contributed by atoms with Crippen molar-refractivity contribution < 1.29 is 28.2 Å². The number of carbonyl (C=O) groups is 1. The smallest absolute Gasteiger partial charge is 0.216 e. The van der Waals surface area contributed by atoms with Crippen molar-refractivity contribution in [3.8, 4) is 45.6 Å². The number of methoxy groups -OCH3 is 2. The SMILES string of the molecule is COc1cc(-c2c(-n3cc(C=O)nn3)ccc(Cl)c2F)ncn1.COc1cc(-c2c(-n3cc(CO)nn3)ccc(Cl)c2F)ncn1. The molecule has 14 nitrogen and oxygen atoms in total. The predicted octanol–water partition coefficient (Wildman–Crippen LogP) is 4.36. The van der Waals surface area contributed by atoms with Crippen molar-refractivity contribution in [2.24, 2.45) is 0 Å². The highest BCUT2D eigenvalue weighted by Crippen LogP contribution is 2.34. The molecule has 0 aliphatic rings. The molecule has 6 rings (SSSR count). The number of carbonyl (C=O) groups excluding carboxylic acids is 1. The summed E-state index contributed by atoms with van der Waals surface area (Å²) < 4.78 is 41.9. The Morgan fingerprint density at radius 3 is 1.72 bits per heavy atom. The van der Waals surface area contributed by atoms with E-state index in [1.165, 1.54) is 72.9 Å². The van der Waals surface area contributed by atoms with Crippen LogP contribution >= 0.6 is 23.2 Å². The molecule has 0 aliphatic heterocycles. The van der Waals surface area contributed by atoms with E-state index in [-0.39, 0.29) is 56.6 Å². The number of benzene rings is 2. The monoisotopic (exact) mass is 668 g/mol. The molecule has 0 fully saturated rings. The van der Waals surface area contributed by atoms with Gasteiger partial charge < -0.3 is 14.6 Å². The van der Waals surface area contributed by atoms with Gasteiger partial charge in [-0.3, -0.25) is 4.79 Å². The fraction of sp³-hybridized carbons (Fsp3) is 0.107. The summed E-state index contributed by atoms with van der Waals surface area (Å²) in [7, 11) is 2.89. The Bertz CT molecular complexity index is 2020. The van der Waals surface area contributed by atoms with Crippen molar-refractivity contribution in [3.05, 3.63) is 94.5 Å². The first-order valence-electron chi connectivity index (χ1n) is 12.9. The molecule has 0 aliphatic carbocycles. The molecule has 4 aromatic heterocycles. The van der Waals surface area contributed by atoms with Gasteiger partial charge in [0.15, 0.2) is 17.9 Å². The number of aliphatic hydroxyl groups excluding tert-OH is 1. The van der Waals surface area contributed by atoms with Crippen LogP contribution in [-0.4, -0.2) is 75.5 Å². The van der Waals surface area contributed by atoms with Crippen LogP contribution < -0.4 is 9.47 Å². The summed E-state index contributed by atoms with van der Waals surface area (Å²) in [5.41, 5.74) is 1.95. The van der Waals surface area contributed by atoms with Crippen molar-refractivity contribution in [2.75, 3.05) is 14.2 Å². The maximum atomic E-state index is 14.6. The molecule has 0 atom stereocenters. The van der Waals surface area contributed by atoms with Gasteiger partial charge in [-0.05, 0) is 24.3 Å². The van der Waals surface area contributed by atoms with E-state index in [2.05, 4.69) is 40.6 Å². The molecule has 0 spiro atoms. The van der Waals surface area contributed by atoms with Crippen LogP contribution in [0.3, 0.4) is 0 Å². The van der Waals surface area contributed by atoms with Gasteiger partial charge in [0.1, 0.15) is 24.0 Å². The van der Waals surface area contributed by atoms with Crippen LogP contribution in [-0.2, 0) is 6.61 Å². The van der Waals surface area contributed by atoms with E-state index < -0.39 is 11.6 Å². The zero-order chi connectivity index (χ0) is 32.8. The molecule has 0 radical (unpaired) electrons. The molecule has 0 amide bonds. The third-order valence-corrected chi connectivity index (χ3v) is 6.77. The van der Waals surface area contributed by atoms with Crippen LogP contribution in [0.15, 0.2) is 61.4 Å². The Morgan fingerprint density at radius 1 is 0.783 bits per heavy atom. The number of nitrogens with zero attached hydrogens (tertiary/aromatic N) is 10. The van der Waals surface area contributed by atoms with E-state index >= 15 is 0 Å². The maximum absolute atomic E-state index is 14.6. The normalized spacial score (nSPS) is 10.7. The summed E-state index contributed by atoms with van der Waals surface area (Å²) in [6.07, 6.45) is 5.92. The van der Waals surface area contributed by atoms with Gasteiger partial charge in [0.2, 0.25) is 11.8 Å². The Labute approximate surface area is 268 Å². The standard InChI is InChI=1S/C14H11ClFN5O2.C14H9ClFN5O2/c2*1-23-12-4-10(17-7-18-12)13-11(3-2-9(15)14(13)16)21-5-8(6-22)19-20-21/h2-5,7,22H,6H2,1H3;2-7H,1H3. The van der Waals surface area contributed by atoms with Crippen molar-refractivity contribution in [2.45, 2.75) is 6.61 Å². The van der Waals surface area contributed by atoms with E-state index in [9.17, 15) is 13.6 Å². The summed E-state index contributed by atoms with van der Waals surface area (Å²) >= 11 is 11.8. The fourth-order valence-electron chi connectivity index (χ4n) is 4.06. The van der Waals surface area contributed by atoms with Gasteiger partial charge in [-0.25, -0.2) is 38.1 Å². The van der Waals surface area contributed by atoms with Gasteiger partial charge in [-0.2, -0.15) is 0 Å². The maximum Gasteiger partial charge on any atom is 0.216 e. The van der Waals surface area contributed by atoms with Gasteiger partial charge in [0.25, 0.3) is 0 Å². The van der Waals surface area contributed by atoms with Crippen LogP contribution in [0.25, 0.3) is 33.9 Å². The summed E-state index contributed by atoms with van der Waals surface area (Å²) in [5.74, 6) is -0.762. The highest BCUT2D eigenvalue weighted by Gasteiger charge is 2.20. The average molecular weight is 669 g/mol. The number of hydrogen-bond acceptors (Lipinski definition) is 12. The van der Waals surface area contributed by atoms with E-state index in [4.69, 9.17) is 37.8 Å². The van der Waals surface area contributed by atoms with Crippen LogP contribution in [0, 0.1) is 11.6 Å². The van der Waals surface area contributed by atoms with E-state index in [0.717, 1.165) is 0 Å². The topological polar surface area (TPSA) is 169 Å². The molecule has 0 bridgehead atoms. The van der Waals surface area contributed by atoms with Gasteiger partial charge in [-0.1, -0.05) is 33.6 Å². The molecule has 1 N–H and O–H groups in total. The minimum absolute atomic E-state index is 0.0520. The third kappa shape index (κ3) is 6.63. The van der Waals surface area contributed by atoms with Crippen molar-refractivity contribution in [3.63, 3.8) is 0 Å². The molecule has 0 saturated heterocycles. The Morgan fingerprint density at radius 2 is 1.28 bits per heavy atom. The molecule has 0 saturated carbocycles. The summed E-state index contributed by atoms with van der Waals surface area (Å²) in [6.45, 7) is -0.271. The Balaban J connectivity index is 0.000000181. The lowest BCUT2D eigenvalue weighted by atomic mass is 10.1. The minimum Gasteiger partial charge on any atom is -0.481 e. The molecule has 4 heterocycles. The fourth-order valence-corrected chi connectivity index (χ4v) is 4.38. The molecule has 234 valence electrons. The number of rotatable bonds is 8. The zero-order valence-corrected chi connectivity index (χ0v) is 25.2. The second-order valence-electron chi connectivity index (χ2n) is 8.92. The van der Waals surface area contributed by atoms with Crippen LogP contribution in [0.1, 0.15) is 16.2 Å². The number of ether oxygens (including phenoxy) is 2. The lowest BCUT2D eigenvalue weighted by Crippen LogP contribution is -2.02. The Hall–Kier alpha value is -5.45. The van der Waals surface area contributed by atoms with E-state index in [1.54, 1.807) is 12.1 Å². The number of aromatic nitrogens is 10. The quantitative estimate of drug-likeness (QED) is 0.228. The number of hydrogen-bond donors (Lipinski definition) is 1. The van der Waals surface area contributed by atoms with E-state index in [1.807, 2.05) is 0 Å². The van der Waals surface area contributed by atoms with E-state index in [0.29, 0.717) is 23.4 Å². The molecule has 18 heteroatoms. The second kappa shape index (κ2) is 14.1. The Kier molecular flexibility index (Phi) is 9.80. The van der Waals surface area contributed by atoms with Gasteiger partial charge >= 0.3 is 0 Å². The third-order valence-electron chi connectivity index (χ3n) is 6.19. The summed E-state index contributed by atoms with van der Waals surface area (Å²) in [4.78, 5) is 26.7. The summed E-state index contributed by atoms with van der Waals surface area (Å²) in [6, 6.07) is 8.90. The van der Waals surface area contributed by atoms with Crippen molar-refractivity contribution >= 4 is 29.5 Å². The number of halogens is 4. The first-order chi connectivity index (χ1) is 22.3. The van der Waals surface area contributed by atoms with Crippen molar-refractivity contribution in [1.29, 1.82) is 0 Å². The van der Waals surface area contributed by atoms with Crippen LogP contribution in [0.4, 0.5) is 8.78 Å². The lowest BCUT2D eigenvalue weighted by Gasteiger charge is -2.11. The highest BCUT2D eigenvalue weighted by molar-refractivity contribution is 6.31. The molecule has 46 heavy (non-hydrogen) atoms. The molecular formula is C28H20Cl2F2N10O4. The largest absolute Gasteiger partial charge is 0.481 e. The number of aliphatic hydroxyl groups is 1. The second-order valence-corrected chi connectivity index (χ2v) is 9.73. The molecule has 2 aromatic carbocycles. The molecule has 0 unspecified atom stereocenters. The lowest BCUT2D eigenvalue weighted by molar-refractivity contribution is 0.111. The van der Waals surface area contributed by atoms with Gasteiger partial charge in [0.05, 0.1) is 77.2 Å².